The normalized spacial score (nSPS) is 13.2. The average molecular weight is 393 g/mol. The quantitative estimate of drug-likeness (QED) is 0.628. The second-order valence-electron chi connectivity index (χ2n) is 6.85. The molecule has 1 aliphatic carbocycles. The van der Waals surface area contributed by atoms with Gasteiger partial charge in [0.05, 0.1) is 17.9 Å². The standard InChI is InChI=1S/C20H19N5O4/c26-17-9-8-15(13-6-7-13)23-24(17)11-10-21-19(28)16-12-18(27)25(20(29)22-16)14-4-2-1-3-5-14/h1-5,8-9,12-13H,6-7,10-11H2,(H,21,28)(H,22,29). The lowest BCUT2D eigenvalue weighted by Crippen LogP contribution is -2.38. The number of nitrogens with one attached hydrogen (secondary N) is 2. The molecule has 0 aliphatic heterocycles. The Hall–Kier alpha value is -3.75. The van der Waals surface area contributed by atoms with Crippen molar-refractivity contribution in [1.82, 2.24) is 24.6 Å². The fourth-order valence-corrected chi connectivity index (χ4v) is 3.03. The summed E-state index contributed by atoms with van der Waals surface area (Å²) in [5.41, 5.74) is -0.415. The van der Waals surface area contributed by atoms with Crippen LogP contribution in [0.15, 0.2) is 62.9 Å². The molecule has 2 N–H and O–H groups in total. The highest BCUT2D eigenvalue weighted by Crippen LogP contribution is 2.38. The SMILES string of the molecule is O=C(NCCn1nc(C2CC2)ccc1=O)c1cc(=O)n(-c2ccccc2)c(=O)[nH]1. The molecule has 9 heteroatoms. The highest BCUT2D eigenvalue weighted by atomic mass is 16.2. The molecule has 4 rings (SSSR count). The fourth-order valence-electron chi connectivity index (χ4n) is 3.03. The van der Waals surface area contributed by atoms with Gasteiger partial charge in [-0.05, 0) is 31.0 Å². The molecule has 0 unspecified atom stereocenters. The van der Waals surface area contributed by atoms with Crippen LogP contribution in [0.2, 0.25) is 0 Å². The van der Waals surface area contributed by atoms with Gasteiger partial charge in [-0.25, -0.2) is 14.0 Å². The molecule has 0 bridgehead atoms. The van der Waals surface area contributed by atoms with Crippen molar-refractivity contribution in [2.24, 2.45) is 0 Å². The van der Waals surface area contributed by atoms with E-state index in [9.17, 15) is 19.2 Å². The predicted octanol–water partition coefficient (Wildman–Crippen LogP) is 0.390. The van der Waals surface area contributed by atoms with Gasteiger partial charge in [-0.3, -0.25) is 14.4 Å². The molecule has 29 heavy (non-hydrogen) atoms. The second-order valence-corrected chi connectivity index (χ2v) is 6.85. The average Bonchev–Trinajstić information content (AvgIpc) is 3.55. The maximum absolute atomic E-state index is 12.3. The third-order valence-corrected chi connectivity index (χ3v) is 4.68. The Morgan fingerprint density at radius 2 is 1.83 bits per heavy atom. The minimum Gasteiger partial charge on any atom is -0.349 e. The molecule has 1 aliphatic rings. The number of para-hydroxylation sites is 1. The van der Waals surface area contributed by atoms with E-state index in [0.29, 0.717) is 11.6 Å². The lowest BCUT2D eigenvalue weighted by Gasteiger charge is -2.09. The van der Waals surface area contributed by atoms with Gasteiger partial charge in [0.1, 0.15) is 5.69 Å². The molecule has 0 atom stereocenters. The van der Waals surface area contributed by atoms with Crippen LogP contribution in [0.25, 0.3) is 5.69 Å². The zero-order valence-electron chi connectivity index (χ0n) is 15.5. The largest absolute Gasteiger partial charge is 0.349 e. The van der Waals surface area contributed by atoms with Crippen molar-refractivity contribution in [3.8, 4) is 5.69 Å². The van der Waals surface area contributed by atoms with Crippen LogP contribution in [0, 0.1) is 0 Å². The van der Waals surface area contributed by atoms with Crippen molar-refractivity contribution in [2.75, 3.05) is 6.54 Å². The Kier molecular flexibility index (Phi) is 4.94. The van der Waals surface area contributed by atoms with E-state index in [2.05, 4.69) is 15.4 Å². The minimum absolute atomic E-state index is 0.129. The summed E-state index contributed by atoms with van der Waals surface area (Å²) in [5, 5.41) is 6.91. The van der Waals surface area contributed by atoms with E-state index in [0.717, 1.165) is 29.2 Å². The second kappa shape index (κ2) is 7.70. The number of H-pyrrole nitrogens is 1. The number of benzene rings is 1. The number of aromatic nitrogens is 4. The van der Waals surface area contributed by atoms with Crippen molar-refractivity contribution in [2.45, 2.75) is 25.3 Å². The van der Waals surface area contributed by atoms with Gasteiger partial charge in [0, 0.05) is 24.6 Å². The zero-order chi connectivity index (χ0) is 20.4. The summed E-state index contributed by atoms with van der Waals surface area (Å²) in [7, 11) is 0. The third-order valence-electron chi connectivity index (χ3n) is 4.68. The molecule has 9 nitrogen and oxygen atoms in total. The predicted molar refractivity (Wildman–Crippen MR) is 105 cm³/mol. The molecule has 1 aromatic carbocycles. The summed E-state index contributed by atoms with van der Waals surface area (Å²) >= 11 is 0. The van der Waals surface area contributed by atoms with Crippen LogP contribution in [0.4, 0.5) is 0 Å². The molecule has 1 amide bonds. The highest BCUT2D eigenvalue weighted by Gasteiger charge is 2.25. The smallest absolute Gasteiger partial charge is 0.333 e. The first-order valence-corrected chi connectivity index (χ1v) is 9.31. The molecule has 0 radical (unpaired) electrons. The molecule has 2 aromatic heterocycles. The highest BCUT2D eigenvalue weighted by molar-refractivity contribution is 5.92. The Labute approximate surface area is 164 Å². The summed E-state index contributed by atoms with van der Waals surface area (Å²) in [5.74, 6) is -0.191. The van der Waals surface area contributed by atoms with Crippen LogP contribution >= 0.6 is 0 Å². The number of rotatable bonds is 6. The van der Waals surface area contributed by atoms with Gasteiger partial charge in [-0.1, -0.05) is 18.2 Å². The van der Waals surface area contributed by atoms with Crippen LogP contribution in [0.1, 0.15) is 34.9 Å². The number of aromatic amines is 1. The monoisotopic (exact) mass is 393 g/mol. The Morgan fingerprint density at radius 1 is 1.07 bits per heavy atom. The molecule has 3 aromatic rings. The van der Waals surface area contributed by atoms with Crippen LogP contribution < -0.4 is 22.1 Å². The maximum atomic E-state index is 12.3. The molecular weight excluding hydrogens is 374 g/mol. The Balaban J connectivity index is 1.45. The lowest BCUT2D eigenvalue weighted by molar-refractivity contribution is 0.0946. The number of hydrogen-bond donors (Lipinski definition) is 2. The lowest BCUT2D eigenvalue weighted by atomic mass is 10.3. The van der Waals surface area contributed by atoms with Crippen molar-refractivity contribution in [1.29, 1.82) is 0 Å². The van der Waals surface area contributed by atoms with Crippen LogP contribution in [-0.4, -0.2) is 31.8 Å². The number of amides is 1. The summed E-state index contributed by atoms with van der Waals surface area (Å²) in [4.78, 5) is 51.3. The molecule has 1 fully saturated rings. The number of carbonyl (C=O) groups is 1. The maximum Gasteiger partial charge on any atom is 0.333 e. The van der Waals surface area contributed by atoms with Gasteiger partial charge < -0.3 is 10.3 Å². The van der Waals surface area contributed by atoms with Crippen molar-refractivity contribution >= 4 is 5.91 Å². The van der Waals surface area contributed by atoms with Crippen molar-refractivity contribution in [3.63, 3.8) is 0 Å². The van der Waals surface area contributed by atoms with Crippen molar-refractivity contribution in [3.05, 3.63) is 91.1 Å². The van der Waals surface area contributed by atoms with Crippen LogP contribution in [0.5, 0.6) is 0 Å². The topological polar surface area (TPSA) is 119 Å². The summed E-state index contributed by atoms with van der Waals surface area (Å²) < 4.78 is 2.26. The van der Waals surface area contributed by atoms with Gasteiger partial charge >= 0.3 is 5.69 Å². The first kappa shape index (κ1) is 18.6. The first-order valence-electron chi connectivity index (χ1n) is 9.31. The third kappa shape index (κ3) is 4.08. The van der Waals surface area contributed by atoms with Gasteiger partial charge in [0.15, 0.2) is 0 Å². The molecule has 0 spiro atoms. The molecular formula is C20H19N5O4. The number of nitrogens with zero attached hydrogens (tertiary/aromatic N) is 3. The zero-order valence-corrected chi connectivity index (χ0v) is 15.5. The van der Waals surface area contributed by atoms with E-state index in [1.165, 1.54) is 10.7 Å². The molecule has 1 saturated carbocycles. The number of carbonyl (C=O) groups excluding carboxylic acids is 1. The van der Waals surface area contributed by atoms with Gasteiger partial charge in [0.2, 0.25) is 0 Å². The van der Waals surface area contributed by atoms with E-state index in [1.807, 2.05) is 0 Å². The van der Waals surface area contributed by atoms with Gasteiger partial charge in [-0.15, -0.1) is 0 Å². The summed E-state index contributed by atoms with van der Waals surface area (Å²) in [6.45, 7) is 0.320. The van der Waals surface area contributed by atoms with E-state index in [1.54, 1.807) is 36.4 Å². The first-order chi connectivity index (χ1) is 14.0. The number of hydrogen-bond acceptors (Lipinski definition) is 5. The van der Waals surface area contributed by atoms with E-state index >= 15 is 0 Å². The van der Waals surface area contributed by atoms with E-state index in [-0.39, 0.29) is 24.3 Å². The molecule has 148 valence electrons. The Morgan fingerprint density at radius 3 is 2.52 bits per heavy atom. The molecule has 2 heterocycles. The van der Waals surface area contributed by atoms with Gasteiger partial charge in [0.25, 0.3) is 17.0 Å². The Bertz CT molecular complexity index is 1190. The van der Waals surface area contributed by atoms with Crippen LogP contribution in [-0.2, 0) is 6.54 Å². The van der Waals surface area contributed by atoms with Gasteiger partial charge in [-0.2, -0.15) is 5.10 Å². The fraction of sp³-hybridized carbons (Fsp3) is 0.250. The summed E-state index contributed by atoms with van der Waals surface area (Å²) in [6.07, 6.45) is 2.15. The minimum atomic E-state index is -0.705. The van der Waals surface area contributed by atoms with E-state index in [4.69, 9.17) is 0 Å². The van der Waals surface area contributed by atoms with E-state index < -0.39 is 17.2 Å². The summed E-state index contributed by atoms with van der Waals surface area (Å²) in [6, 6.07) is 12.7. The molecule has 0 saturated heterocycles. The van der Waals surface area contributed by atoms with Crippen molar-refractivity contribution < 1.29 is 4.79 Å². The van der Waals surface area contributed by atoms with Crippen LogP contribution in [0.3, 0.4) is 0 Å².